The van der Waals surface area contributed by atoms with Crippen molar-refractivity contribution in [3.63, 3.8) is 0 Å². The van der Waals surface area contributed by atoms with Crippen molar-refractivity contribution in [1.29, 1.82) is 0 Å². The molecule has 0 spiro atoms. The van der Waals surface area contributed by atoms with Gasteiger partial charge in [0.1, 0.15) is 5.82 Å². The largest absolute Gasteiger partial charge is 0.382 e. The minimum Gasteiger partial charge on any atom is -0.382 e. The second-order valence-electron chi connectivity index (χ2n) is 5.90. The molecule has 1 fully saturated rings. The van der Waals surface area contributed by atoms with Crippen LogP contribution in [0.15, 0.2) is 30.3 Å². The summed E-state index contributed by atoms with van der Waals surface area (Å²) in [5, 5.41) is 0. The van der Waals surface area contributed by atoms with Crippen LogP contribution in [-0.2, 0) is 0 Å². The Hall–Kier alpha value is -1.97. The topological polar surface area (TPSA) is 69.9 Å². The van der Waals surface area contributed by atoms with Crippen molar-refractivity contribution in [2.24, 2.45) is 5.92 Å². The summed E-state index contributed by atoms with van der Waals surface area (Å²) < 4.78 is 1.53. The first kappa shape index (κ1) is 13.0. The number of anilines is 1. The Labute approximate surface area is 119 Å². The van der Waals surface area contributed by atoms with Gasteiger partial charge in [0, 0.05) is 11.5 Å². The first-order valence-electron chi connectivity index (χ1n) is 7.35. The molecule has 0 atom stereocenters. The average molecular weight is 270 g/mol. The molecular formula is C16H22N4. The van der Waals surface area contributed by atoms with E-state index in [9.17, 15) is 0 Å². The molecule has 4 N–H and O–H groups in total. The highest BCUT2D eigenvalue weighted by atomic mass is 15.4. The number of aromatic nitrogens is 2. The third kappa shape index (κ3) is 2.26. The molecule has 3 rings (SSSR count). The Morgan fingerprint density at radius 2 is 1.75 bits per heavy atom. The number of rotatable bonds is 2. The van der Waals surface area contributed by atoms with Crippen LogP contribution in [0.2, 0.25) is 0 Å². The number of hydrogen-bond donors (Lipinski definition) is 2. The molecule has 1 aliphatic rings. The van der Waals surface area contributed by atoms with Crippen LogP contribution in [0.1, 0.15) is 44.2 Å². The zero-order chi connectivity index (χ0) is 14.1. The maximum Gasteiger partial charge on any atom is 0.160 e. The first-order valence-corrected chi connectivity index (χ1v) is 7.35. The molecule has 0 unspecified atom stereocenters. The third-order valence-electron chi connectivity index (χ3n) is 4.41. The van der Waals surface area contributed by atoms with E-state index in [0.29, 0.717) is 11.7 Å². The normalized spacial score (nSPS) is 22.9. The second-order valence-corrected chi connectivity index (χ2v) is 5.90. The van der Waals surface area contributed by atoms with Gasteiger partial charge in [-0.15, -0.1) is 0 Å². The van der Waals surface area contributed by atoms with Crippen molar-refractivity contribution in [2.75, 3.05) is 11.6 Å². The Bertz CT molecular complexity index is 580. The van der Waals surface area contributed by atoms with E-state index in [-0.39, 0.29) is 0 Å². The molecule has 1 aromatic carbocycles. The second kappa shape index (κ2) is 5.19. The summed E-state index contributed by atoms with van der Waals surface area (Å²) in [5.74, 6) is 8.75. The lowest BCUT2D eigenvalue weighted by atomic mass is 9.81. The van der Waals surface area contributed by atoms with Gasteiger partial charge in [-0.2, -0.15) is 0 Å². The van der Waals surface area contributed by atoms with Crippen LogP contribution in [0.4, 0.5) is 5.82 Å². The molecule has 1 heterocycles. The quantitative estimate of drug-likeness (QED) is 0.824. The fourth-order valence-electron chi connectivity index (χ4n) is 3.09. The zero-order valence-corrected chi connectivity index (χ0v) is 11.9. The van der Waals surface area contributed by atoms with Crippen LogP contribution in [0.5, 0.6) is 0 Å². The summed E-state index contributed by atoms with van der Waals surface area (Å²) in [6.07, 6.45) is 4.83. The molecule has 1 saturated carbocycles. The van der Waals surface area contributed by atoms with Gasteiger partial charge in [0.15, 0.2) is 5.82 Å². The van der Waals surface area contributed by atoms with Crippen LogP contribution in [-0.4, -0.2) is 9.66 Å². The van der Waals surface area contributed by atoms with Crippen molar-refractivity contribution in [1.82, 2.24) is 9.66 Å². The van der Waals surface area contributed by atoms with Crippen LogP contribution in [0.3, 0.4) is 0 Å². The molecule has 20 heavy (non-hydrogen) atoms. The van der Waals surface area contributed by atoms with Gasteiger partial charge in [-0.05, 0) is 18.8 Å². The Morgan fingerprint density at radius 3 is 2.40 bits per heavy atom. The predicted octanol–water partition coefficient (Wildman–Crippen LogP) is 3.14. The van der Waals surface area contributed by atoms with Crippen LogP contribution < -0.4 is 11.6 Å². The van der Waals surface area contributed by atoms with Crippen molar-refractivity contribution in [3.05, 3.63) is 36.0 Å². The predicted molar refractivity (Wildman–Crippen MR) is 82.6 cm³/mol. The maximum absolute atomic E-state index is 6.18. The number of nitrogen functional groups attached to an aromatic ring is 2. The highest BCUT2D eigenvalue weighted by molar-refractivity contribution is 5.61. The molecule has 1 aromatic heterocycles. The number of nitrogens with zero attached hydrogens (tertiary/aromatic N) is 2. The number of nitrogens with two attached hydrogens (primary N) is 2. The first-order chi connectivity index (χ1) is 9.66. The smallest absolute Gasteiger partial charge is 0.160 e. The molecular weight excluding hydrogens is 248 g/mol. The molecule has 0 saturated heterocycles. The molecule has 0 radical (unpaired) electrons. The average Bonchev–Trinajstić information content (AvgIpc) is 2.77. The molecule has 2 aromatic rings. The van der Waals surface area contributed by atoms with Gasteiger partial charge in [0.2, 0.25) is 0 Å². The van der Waals surface area contributed by atoms with E-state index in [0.717, 1.165) is 35.8 Å². The van der Waals surface area contributed by atoms with Crippen molar-refractivity contribution in [2.45, 2.75) is 38.5 Å². The molecule has 4 nitrogen and oxygen atoms in total. The van der Waals surface area contributed by atoms with E-state index in [1.807, 2.05) is 30.3 Å². The van der Waals surface area contributed by atoms with Gasteiger partial charge in [-0.25, -0.2) is 9.66 Å². The minimum atomic E-state index is 0.457. The Morgan fingerprint density at radius 1 is 1.10 bits per heavy atom. The van der Waals surface area contributed by atoms with Gasteiger partial charge in [0.05, 0.1) is 5.69 Å². The summed E-state index contributed by atoms with van der Waals surface area (Å²) in [6, 6.07) is 9.99. The molecule has 0 aliphatic heterocycles. The molecule has 1 aliphatic carbocycles. The van der Waals surface area contributed by atoms with Gasteiger partial charge in [-0.1, -0.05) is 50.1 Å². The summed E-state index contributed by atoms with van der Waals surface area (Å²) in [4.78, 5) is 4.74. The monoisotopic (exact) mass is 270 g/mol. The summed E-state index contributed by atoms with van der Waals surface area (Å²) in [6.45, 7) is 2.32. The summed E-state index contributed by atoms with van der Waals surface area (Å²) >= 11 is 0. The van der Waals surface area contributed by atoms with Gasteiger partial charge >= 0.3 is 0 Å². The fourth-order valence-corrected chi connectivity index (χ4v) is 3.09. The fraction of sp³-hybridized carbons (Fsp3) is 0.438. The maximum atomic E-state index is 6.18. The summed E-state index contributed by atoms with van der Waals surface area (Å²) in [5.41, 5.74) is 8.18. The van der Waals surface area contributed by atoms with Gasteiger partial charge in [0.25, 0.3) is 0 Å². The zero-order valence-electron chi connectivity index (χ0n) is 11.9. The van der Waals surface area contributed by atoms with Crippen molar-refractivity contribution >= 4 is 5.82 Å². The highest BCUT2D eigenvalue weighted by Crippen LogP contribution is 2.38. The molecule has 0 bridgehead atoms. The third-order valence-corrected chi connectivity index (χ3v) is 4.41. The van der Waals surface area contributed by atoms with Crippen LogP contribution in [0, 0.1) is 5.92 Å². The van der Waals surface area contributed by atoms with E-state index >= 15 is 0 Å². The lowest BCUT2D eigenvalue weighted by Crippen LogP contribution is -2.15. The summed E-state index contributed by atoms with van der Waals surface area (Å²) in [7, 11) is 0. The number of benzene rings is 1. The molecule has 4 heteroatoms. The van der Waals surface area contributed by atoms with Crippen molar-refractivity contribution < 1.29 is 0 Å². The van der Waals surface area contributed by atoms with Gasteiger partial charge < -0.3 is 11.6 Å². The molecule has 106 valence electrons. The number of imidazole rings is 1. The Balaban J connectivity index is 1.94. The lowest BCUT2D eigenvalue weighted by molar-refractivity contribution is 0.345. The van der Waals surface area contributed by atoms with E-state index in [2.05, 4.69) is 6.92 Å². The lowest BCUT2D eigenvalue weighted by Gasteiger charge is -2.25. The van der Waals surface area contributed by atoms with Gasteiger partial charge in [-0.3, -0.25) is 0 Å². The SMILES string of the molecule is CC1CCC(c2nc(-c3ccccc3)n(N)c2N)CC1. The minimum absolute atomic E-state index is 0.457. The Kier molecular flexibility index (Phi) is 3.38. The van der Waals surface area contributed by atoms with Crippen LogP contribution in [0.25, 0.3) is 11.4 Å². The highest BCUT2D eigenvalue weighted by Gasteiger charge is 2.26. The van der Waals surface area contributed by atoms with E-state index < -0.39 is 0 Å². The number of hydrogen-bond acceptors (Lipinski definition) is 3. The standard InChI is InChI=1S/C16H22N4/c1-11-7-9-12(10-8-11)14-15(17)20(18)16(19-14)13-5-3-2-4-6-13/h2-6,11-12H,7-10,17-18H2,1H3. The van der Waals surface area contributed by atoms with E-state index in [4.69, 9.17) is 16.6 Å². The van der Waals surface area contributed by atoms with Crippen molar-refractivity contribution in [3.8, 4) is 11.4 Å². The van der Waals surface area contributed by atoms with E-state index in [1.165, 1.54) is 17.5 Å². The molecule has 0 amide bonds. The van der Waals surface area contributed by atoms with E-state index in [1.54, 1.807) is 0 Å². The van der Waals surface area contributed by atoms with Crippen LogP contribution >= 0.6 is 0 Å².